The lowest BCUT2D eigenvalue weighted by molar-refractivity contribution is -0.250. The molecule has 10 unspecified atom stereocenters. The Balaban J connectivity index is 4.80. The average molecular weight is 476 g/mol. The summed E-state index contributed by atoms with van der Waals surface area (Å²) in [5.74, 6) is -1.79. The molecule has 14 nitrogen and oxygen atoms in total. The molecule has 0 aromatic rings. The standard InChI is InChI=1S/C18H36O14/c19-7-5-3-1-2-4-6-8(20)9(21)10(22)11(23)12(24)13(25)14(26)15(27)16(28)17(29)18(30)32-31/h8-17,19-29,31H,1-7H2. The average Bonchev–Trinajstić information content (AvgIpc) is 2.80. The fourth-order valence-electron chi connectivity index (χ4n) is 2.99. The van der Waals surface area contributed by atoms with Crippen LogP contribution in [0.4, 0.5) is 0 Å². The molecule has 14 heteroatoms. The van der Waals surface area contributed by atoms with Gasteiger partial charge in [0.2, 0.25) is 0 Å². The van der Waals surface area contributed by atoms with E-state index in [4.69, 9.17) is 10.4 Å². The van der Waals surface area contributed by atoms with Gasteiger partial charge in [0.25, 0.3) is 0 Å². The summed E-state index contributed by atoms with van der Waals surface area (Å²) >= 11 is 0. The van der Waals surface area contributed by atoms with Gasteiger partial charge in [-0.3, -0.25) is 4.89 Å². The van der Waals surface area contributed by atoms with Crippen molar-refractivity contribution in [3.63, 3.8) is 0 Å². The summed E-state index contributed by atoms with van der Waals surface area (Å²) in [4.78, 5) is 14.1. The van der Waals surface area contributed by atoms with Crippen molar-refractivity contribution in [1.82, 2.24) is 0 Å². The normalized spacial score (nSPS) is 21.5. The monoisotopic (exact) mass is 476 g/mol. The van der Waals surface area contributed by atoms with Crippen LogP contribution in [0.15, 0.2) is 0 Å². The smallest absolute Gasteiger partial charge is 0.373 e. The predicted molar refractivity (Wildman–Crippen MR) is 104 cm³/mol. The van der Waals surface area contributed by atoms with Crippen molar-refractivity contribution >= 4 is 5.97 Å². The van der Waals surface area contributed by atoms with Gasteiger partial charge in [0, 0.05) is 6.61 Å². The Labute approximate surface area is 184 Å². The molecule has 0 aliphatic carbocycles. The highest BCUT2D eigenvalue weighted by Crippen LogP contribution is 2.18. The molecule has 0 aliphatic heterocycles. The van der Waals surface area contributed by atoms with Gasteiger partial charge in [-0.2, -0.15) is 5.26 Å². The lowest BCUT2D eigenvalue weighted by Gasteiger charge is -2.34. The zero-order valence-corrected chi connectivity index (χ0v) is 17.4. The number of carbonyl (C=O) groups excluding carboxylic acids is 1. The molecule has 0 saturated carbocycles. The molecule has 10 atom stereocenters. The zero-order valence-electron chi connectivity index (χ0n) is 17.4. The second kappa shape index (κ2) is 15.8. The molecule has 0 bridgehead atoms. The van der Waals surface area contributed by atoms with Gasteiger partial charge in [-0.25, -0.2) is 4.79 Å². The SMILES string of the molecule is O=C(OO)C(O)C(O)C(O)C(O)C(O)C(O)C(O)C(O)C(O)C(O)CCCCCCCO. The minimum absolute atomic E-state index is 0.0368. The van der Waals surface area contributed by atoms with E-state index < -0.39 is 67.0 Å². The summed E-state index contributed by atoms with van der Waals surface area (Å²) in [6, 6.07) is 0. The topological polar surface area (TPSA) is 269 Å². The molecular weight excluding hydrogens is 440 g/mol. The van der Waals surface area contributed by atoms with Crippen LogP contribution in [0.2, 0.25) is 0 Å². The minimum atomic E-state index is -2.54. The summed E-state index contributed by atoms with van der Waals surface area (Å²) < 4.78 is 0. The van der Waals surface area contributed by atoms with Crippen molar-refractivity contribution in [3.05, 3.63) is 0 Å². The number of hydrogen-bond acceptors (Lipinski definition) is 14. The predicted octanol–water partition coefficient (Wildman–Crippen LogP) is -5.06. The highest BCUT2D eigenvalue weighted by Gasteiger charge is 2.44. The van der Waals surface area contributed by atoms with Crippen LogP contribution in [0.3, 0.4) is 0 Å². The Bertz CT molecular complexity index is 508. The Hall–Kier alpha value is -1.01. The molecular formula is C18H36O14. The Morgan fingerprint density at radius 1 is 0.562 bits per heavy atom. The first-order chi connectivity index (χ1) is 14.9. The second-order valence-corrected chi connectivity index (χ2v) is 7.63. The molecule has 12 N–H and O–H groups in total. The third-order valence-electron chi connectivity index (χ3n) is 5.16. The number of aliphatic hydroxyl groups is 11. The lowest BCUT2D eigenvalue weighted by Crippen LogP contribution is -2.58. The maximum atomic E-state index is 10.9. The molecule has 0 amide bonds. The first-order valence-corrected chi connectivity index (χ1v) is 10.2. The van der Waals surface area contributed by atoms with Gasteiger partial charge in [0.05, 0.1) is 6.10 Å². The zero-order chi connectivity index (χ0) is 25.0. The van der Waals surface area contributed by atoms with Crippen LogP contribution in [0.1, 0.15) is 38.5 Å². The molecule has 0 radical (unpaired) electrons. The Kier molecular flexibility index (Phi) is 15.3. The van der Waals surface area contributed by atoms with Gasteiger partial charge >= 0.3 is 5.97 Å². The van der Waals surface area contributed by atoms with Crippen molar-refractivity contribution in [1.29, 1.82) is 0 Å². The molecule has 0 rings (SSSR count). The molecule has 0 aromatic heterocycles. The van der Waals surface area contributed by atoms with Crippen molar-refractivity contribution < 1.29 is 71.1 Å². The van der Waals surface area contributed by atoms with Crippen LogP contribution < -0.4 is 0 Å². The van der Waals surface area contributed by atoms with Crippen LogP contribution in [0, 0.1) is 0 Å². The molecule has 32 heavy (non-hydrogen) atoms. The third kappa shape index (κ3) is 9.46. The first kappa shape index (κ1) is 31.0. The maximum Gasteiger partial charge on any atom is 0.373 e. The van der Waals surface area contributed by atoms with E-state index in [2.05, 4.69) is 4.89 Å². The number of aliphatic hydroxyl groups excluding tert-OH is 11. The van der Waals surface area contributed by atoms with Crippen LogP contribution >= 0.6 is 0 Å². The Morgan fingerprint density at radius 2 is 0.938 bits per heavy atom. The van der Waals surface area contributed by atoms with E-state index in [1.807, 2.05) is 0 Å². The van der Waals surface area contributed by atoms with E-state index in [0.29, 0.717) is 19.3 Å². The van der Waals surface area contributed by atoms with E-state index in [9.17, 15) is 55.9 Å². The van der Waals surface area contributed by atoms with Crippen molar-refractivity contribution in [3.8, 4) is 0 Å². The van der Waals surface area contributed by atoms with Crippen molar-refractivity contribution in [2.75, 3.05) is 6.61 Å². The van der Waals surface area contributed by atoms with E-state index in [0.717, 1.165) is 12.8 Å². The summed E-state index contributed by atoms with van der Waals surface area (Å²) in [6.45, 7) is 0.0695. The van der Waals surface area contributed by atoms with Gasteiger partial charge in [-0.05, 0) is 12.8 Å². The molecule has 0 saturated heterocycles. The van der Waals surface area contributed by atoms with Crippen LogP contribution in [0.25, 0.3) is 0 Å². The molecule has 192 valence electrons. The number of carbonyl (C=O) groups is 1. The van der Waals surface area contributed by atoms with E-state index >= 15 is 0 Å². The van der Waals surface area contributed by atoms with Crippen LogP contribution in [0.5, 0.6) is 0 Å². The van der Waals surface area contributed by atoms with Gasteiger partial charge in [-0.1, -0.05) is 25.7 Å². The Morgan fingerprint density at radius 3 is 1.38 bits per heavy atom. The first-order valence-electron chi connectivity index (χ1n) is 10.2. The van der Waals surface area contributed by atoms with Crippen LogP contribution in [-0.4, -0.2) is 135 Å². The summed E-state index contributed by atoms with van der Waals surface area (Å²) in [5.41, 5.74) is 0. The third-order valence-corrected chi connectivity index (χ3v) is 5.16. The number of unbranched alkanes of at least 4 members (excludes halogenated alkanes) is 4. The molecule has 0 aromatic carbocycles. The van der Waals surface area contributed by atoms with Gasteiger partial charge < -0.3 is 56.2 Å². The van der Waals surface area contributed by atoms with Gasteiger partial charge in [-0.15, -0.1) is 0 Å². The molecule has 0 heterocycles. The maximum absolute atomic E-state index is 10.9. The summed E-state index contributed by atoms with van der Waals surface area (Å²) in [7, 11) is 0. The van der Waals surface area contributed by atoms with Crippen molar-refractivity contribution in [2.24, 2.45) is 0 Å². The van der Waals surface area contributed by atoms with Crippen LogP contribution in [-0.2, 0) is 9.68 Å². The van der Waals surface area contributed by atoms with Crippen molar-refractivity contribution in [2.45, 2.75) is 99.6 Å². The van der Waals surface area contributed by atoms with E-state index in [1.165, 1.54) is 0 Å². The van der Waals surface area contributed by atoms with E-state index in [-0.39, 0.29) is 13.0 Å². The fraction of sp³-hybridized carbons (Fsp3) is 0.944. The minimum Gasteiger partial charge on any atom is -0.396 e. The number of rotatable bonds is 17. The quantitative estimate of drug-likeness (QED) is 0.0532. The molecule has 0 fully saturated rings. The highest BCUT2D eigenvalue weighted by molar-refractivity contribution is 5.74. The fourth-order valence-corrected chi connectivity index (χ4v) is 2.99. The molecule has 0 aliphatic rings. The van der Waals surface area contributed by atoms with E-state index in [1.54, 1.807) is 0 Å². The largest absolute Gasteiger partial charge is 0.396 e. The number of hydrogen-bond donors (Lipinski definition) is 12. The second-order valence-electron chi connectivity index (χ2n) is 7.63. The highest BCUT2D eigenvalue weighted by atomic mass is 17.1. The summed E-state index contributed by atoms with van der Waals surface area (Å²) in [5, 5.41) is 115. The van der Waals surface area contributed by atoms with Gasteiger partial charge in [0.1, 0.15) is 48.8 Å². The lowest BCUT2D eigenvalue weighted by atomic mass is 9.90. The summed E-state index contributed by atoms with van der Waals surface area (Å²) in [6.07, 6.45) is -19.5. The molecule has 0 spiro atoms. The van der Waals surface area contributed by atoms with Gasteiger partial charge in [0.15, 0.2) is 6.10 Å².